The zero-order valence-corrected chi connectivity index (χ0v) is 10.9. The van der Waals surface area contributed by atoms with Gasteiger partial charge in [-0.05, 0) is 32.0 Å². The predicted molar refractivity (Wildman–Crippen MR) is 73.9 cm³/mol. The number of hydrogen-bond acceptors (Lipinski definition) is 3. The summed E-state index contributed by atoms with van der Waals surface area (Å²) in [5, 5.41) is 5.33. The van der Waals surface area contributed by atoms with Crippen molar-refractivity contribution in [2.75, 3.05) is 19.6 Å². The predicted octanol–water partition coefficient (Wildman–Crippen LogP) is 1.23. The lowest BCUT2D eigenvalue weighted by molar-refractivity contribution is 0.0990. The maximum atomic E-state index is 11.6. The molecule has 1 amide bonds. The van der Waals surface area contributed by atoms with Gasteiger partial charge in [0.05, 0.1) is 12.1 Å². The van der Waals surface area contributed by atoms with Crippen LogP contribution in [-0.4, -0.2) is 40.2 Å². The van der Waals surface area contributed by atoms with Gasteiger partial charge in [0, 0.05) is 11.9 Å². The van der Waals surface area contributed by atoms with Gasteiger partial charge in [-0.15, -0.1) is 0 Å². The van der Waals surface area contributed by atoms with Crippen molar-refractivity contribution in [1.82, 2.24) is 14.7 Å². The molecule has 0 radical (unpaired) electrons. The number of amides is 1. The van der Waals surface area contributed by atoms with Crippen molar-refractivity contribution in [1.29, 1.82) is 0 Å². The molecule has 0 bridgehead atoms. The molecule has 3 rings (SSSR count). The standard InChI is InChI=1S/C14H18N4O/c15-14(19)13-11-5-1-2-6-12(11)16-18(13)10-9-17-7-3-4-8-17/h1-2,5-6H,3-4,7-10H2,(H2,15,19). The van der Waals surface area contributed by atoms with E-state index in [0.29, 0.717) is 12.2 Å². The molecule has 1 aromatic heterocycles. The van der Waals surface area contributed by atoms with Crippen molar-refractivity contribution in [2.24, 2.45) is 5.73 Å². The second-order valence-corrected chi connectivity index (χ2v) is 5.00. The Morgan fingerprint density at radius 1 is 1.21 bits per heavy atom. The molecule has 2 heterocycles. The Kier molecular flexibility index (Phi) is 3.21. The summed E-state index contributed by atoms with van der Waals surface area (Å²) < 4.78 is 1.76. The molecule has 1 aromatic carbocycles. The summed E-state index contributed by atoms with van der Waals surface area (Å²) in [5.41, 5.74) is 6.85. The first-order valence-corrected chi connectivity index (χ1v) is 6.73. The van der Waals surface area contributed by atoms with E-state index in [1.54, 1.807) is 4.68 Å². The molecule has 2 N–H and O–H groups in total. The Labute approximate surface area is 112 Å². The summed E-state index contributed by atoms with van der Waals surface area (Å²) in [6, 6.07) is 7.63. The molecule has 0 saturated carbocycles. The number of nitrogens with zero attached hydrogens (tertiary/aromatic N) is 3. The minimum atomic E-state index is -0.407. The number of fused-ring (bicyclic) bond motifs is 1. The molecule has 0 atom stereocenters. The highest BCUT2D eigenvalue weighted by molar-refractivity contribution is 6.04. The van der Waals surface area contributed by atoms with Crippen molar-refractivity contribution < 1.29 is 4.79 Å². The molecule has 1 aliphatic rings. The highest BCUT2D eigenvalue weighted by Crippen LogP contribution is 2.18. The second kappa shape index (κ2) is 5.01. The molecule has 100 valence electrons. The SMILES string of the molecule is NC(=O)c1c2ccccc2nn1CCN1CCCC1. The Bertz CT molecular complexity index is 599. The van der Waals surface area contributed by atoms with Gasteiger partial charge in [-0.25, -0.2) is 0 Å². The number of primary amides is 1. The first-order chi connectivity index (χ1) is 9.25. The lowest BCUT2D eigenvalue weighted by Gasteiger charge is -2.14. The van der Waals surface area contributed by atoms with Gasteiger partial charge in [-0.2, -0.15) is 5.10 Å². The van der Waals surface area contributed by atoms with Crippen LogP contribution in [0.3, 0.4) is 0 Å². The Morgan fingerprint density at radius 3 is 2.68 bits per heavy atom. The van der Waals surface area contributed by atoms with E-state index in [2.05, 4.69) is 10.00 Å². The van der Waals surface area contributed by atoms with E-state index < -0.39 is 5.91 Å². The van der Waals surface area contributed by atoms with Crippen LogP contribution < -0.4 is 5.73 Å². The molecule has 2 aromatic rings. The van der Waals surface area contributed by atoms with Gasteiger partial charge in [0.25, 0.3) is 5.91 Å². The fourth-order valence-corrected chi connectivity index (χ4v) is 2.74. The van der Waals surface area contributed by atoms with Crippen LogP contribution in [0.25, 0.3) is 10.9 Å². The van der Waals surface area contributed by atoms with Crippen LogP contribution in [0.5, 0.6) is 0 Å². The highest BCUT2D eigenvalue weighted by atomic mass is 16.1. The molecule has 5 heteroatoms. The van der Waals surface area contributed by atoms with E-state index in [1.807, 2.05) is 24.3 Å². The monoisotopic (exact) mass is 258 g/mol. The van der Waals surface area contributed by atoms with Crippen molar-refractivity contribution in [3.63, 3.8) is 0 Å². The van der Waals surface area contributed by atoms with E-state index >= 15 is 0 Å². The molecular formula is C14H18N4O. The number of carbonyl (C=O) groups excluding carboxylic acids is 1. The molecular weight excluding hydrogens is 240 g/mol. The number of carbonyl (C=O) groups is 1. The number of rotatable bonds is 4. The average molecular weight is 258 g/mol. The molecule has 0 aliphatic carbocycles. The molecule has 19 heavy (non-hydrogen) atoms. The second-order valence-electron chi connectivity index (χ2n) is 5.00. The Hall–Kier alpha value is -1.88. The van der Waals surface area contributed by atoms with Crippen LogP contribution in [0.4, 0.5) is 0 Å². The number of hydrogen-bond donors (Lipinski definition) is 1. The van der Waals surface area contributed by atoms with Gasteiger partial charge in [-0.3, -0.25) is 9.48 Å². The van der Waals surface area contributed by atoms with Gasteiger partial charge >= 0.3 is 0 Å². The molecule has 0 spiro atoms. The van der Waals surface area contributed by atoms with Crippen molar-refractivity contribution in [3.8, 4) is 0 Å². The van der Waals surface area contributed by atoms with Gasteiger partial charge < -0.3 is 10.6 Å². The van der Waals surface area contributed by atoms with E-state index in [1.165, 1.54) is 12.8 Å². The van der Waals surface area contributed by atoms with Gasteiger partial charge in [0.2, 0.25) is 0 Å². The van der Waals surface area contributed by atoms with Crippen LogP contribution in [0.2, 0.25) is 0 Å². The third-order valence-electron chi connectivity index (χ3n) is 3.71. The Morgan fingerprint density at radius 2 is 1.95 bits per heavy atom. The summed E-state index contributed by atoms with van der Waals surface area (Å²) >= 11 is 0. The summed E-state index contributed by atoms with van der Waals surface area (Å²) in [6.45, 7) is 3.93. The van der Waals surface area contributed by atoms with E-state index in [9.17, 15) is 4.79 Å². The molecule has 0 unspecified atom stereocenters. The van der Waals surface area contributed by atoms with Crippen LogP contribution in [0.1, 0.15) is 23.3 Å². The normalized spacial score (nSPS) is 16.2. The minimum absolute atomic E-state index is 0.407. The highest BCUT2D eigenvalue weighted by Gasteiger charge is 2.17. The van der Waals surface area contributed by atoms with Crippen molar-refractivity contribution in [3.05, 3.63) is 30.0 Å². The minimum Gasteiger partial charge on any atom is -0.364 e. The quantitative estimate of drug-likeness (QED) is 0.897. The van der Waals surface area contributed by atoms with E-state index in [4.69, 9.17) is 5.73 Å². The zero-order valence-electron chi connectivity index (χ0n) is 10.9. The molecule has 1 saturated heterocycles. The van der Waals surface area contributed by atoms with Crippen LogP contribution >= 0.6 is 0 Å². The van der Waals surface area contributed by atoms with Crippen LogP contribution in [0, 0.1) is 0 Å². The summed E-state index contributed by atoms with van der Waals surface area (Å²) in [5.74, 6) is -0.407. The van der Waals surface area contributed by atoms with E-state index in [0.717, 1.165) is 30.5 Å². The lowest BCUT2D eigenvalue weighted by atomic mass is 10.2. The zero-order chi connectivity index (χ0) is 13.2. The van der Waals surface area contributed by atoms with Gasteiger partial charge in [0.15, 0.2) is 0 Å². The number of benzene rings is 1. The van der Waals surface area contributed by atoms with Crippen LogP contribution in [0.15, 0.2) is 24.3 Å². The number of nitrogens with two attached hydrogens (primary N) is 1. The van der Waals surface area contributed by atoms with Gasteiger partial charge in [-0.1, -0.05) is 18.2 Å². The summed E-state index contributed by atoms with van der Waals surface area (Å²) in [6.07, 6.45) is 2.54. The summed E-state index contributed by atoms with van der Waals surface area (Å²) in [7, 11) is 0. The fraction of sp³-hybridized carbons (Fsp3) is 0.429. The number of likely N-dealkylation sites (tertiary alicyclic amines) is 1. The maximum Gasteiger partial charge on any atom is 0.267 e. The molecule has 5 nitrogen and oxygen atoms in total. The first-order valence-electron chi connectivity index (χ1n) is 6.73. The van der Waals surface area contributed by atoms with Crippen LogP contribution in [-0.2, 0) is 6.54 Å². The smallest absolute Gasteiger partial charge is 0.267 e. The van der Waals surface area contributed by atoms with Crippen molar-refractivity contribution >= 4 is 16.8 Å². The molecule has 1 fully saturated rings. The third-order valence-corrected chi connectivity index (χ3v) is 3.71. The first kappa shape index (κ1) is 12.2. The lowest BCUT2D eigenvalue weighted by Crippen LogP contribution is -2.27. The Balaban J connectivity index is 1.88. The van der Waals surface area contributed by atoms with Crippen molar-refractivity contribution in [2.45, 2.75) is 19.4 Å². The third kappa shape index (κ3) is 2.33. The van der Waals surface area contributed by atoms with E-state index in [-0.39, 0.29) is 0 Å². The fourth-order valence-electron chi connectivity index (χ4n) is 2.74. The molecule has 1 aliphatic heterocycles. The topological polar surface area (TPSA) is 64.2 Å². The summed E-state index contributed by atoms with van der Waals surface area (Å²) in [4.78, 5) is 14.0. The van der Waals surface area contributed by atoms with Gasteiger partial charge in [0.1, 0.15) is 5.69 Å². The number of aromatic nitrogens is 2. The maximum absolute atomic E-state index is 11.6. The average Bonchev–Trinajstić information content (AvgIpc) is 3.03. The largest absolute Gasteiger partial charge is 0.364 e.